The fourth-order valence-corrected chi connectivity index (χ4v) is 6.52. The van der Waals surface area contributed by atoms with Crippen LogP contribution in [0.2, 0.25) is 0 Å². The summed E-state index contributed by atoms with van der Waals surface area (Å²) in [5.41, 5.74) is 3.67. The molecule has 0 saturated heterocycles. The minimum atomic E-state index is -0.458. The van der Waals surface area contributed by atoms with Gasteiger partial charge in [0.25, 0.3) is 11.8 Å². The first-order valence-electron chi connectivity index (χ1n) is 14.9. The Balaban J connectivity index is 1.19. The molecule has 2 N–H and O–H groups in total. The van der Waals surface area contributed by atoms with E-state index in [1.807, 2.05) is 90.4 Å². The lowest BCUT2D eigenvalue weighted by atomic mass is 10.1. The highest BCUT2D eigenvalue weighted by Gasteiger charge is 2.24. The lowest BCUT2D eigenvalue weighted by Gasteiger charge is -2.16. The number of fused-ring (bicyclic) bond motifs is 3. The van der Waals surface area contributed by atoms with Crippen molar-refractivity contribution >= 4 is 79.0 Å². The van der Waals surface area contributed by atoms with Crippen LogP contribution in [0.3, 0.4) is 0 Å². The van der Waals surface area contributed by atoms with Crippen LogP contribution in [-0.2, 0) is 4.79 Å². The third-order valence-electron chi connectivity index (χ3n) is 7.55. The molecular formula is C38H30BrN3O3S. The predicted octanol–water partition coefficient (Wildman–Crippen LogP) is 9.18. The molecule has 228 valence electrons. The highest BCUT2D eigenvalue weighted by molar-refractivity contribution is 9.10. The van der Waals surface area contributed by atoms with Gasteiger partial charge in [-0.3, -0.25) is 19.0 Å². The molecule has 6 aromatic rings. The Morgan fingerprint density at radius 2 is 1.35 bits per heavy atom. The second-order valence-corrected chi connectivity index (χ2v) is 12.8. The maximum atomic E-state index is 14.0. The van der Waals surface area contributed by atoms with Crippen LogP contribution in [0.1, 0.15) is 34.1 Å². The second-order valence-electron chi connectivity index (χ2n) is 10.6. The summed E-state index contributed by atoms with van der Waals surface area (Å²) in [7, 11) is 0. The first kappa shape index (κ1) is 31.1. The number of hydrogen-bond acceptors (Lipinski definition) is 4. The molecule has 0 aliphatic rings. The van der Waals surface area contributed by atoms with Crippen LogP contribution in [0.15, 0.2) is 142 Å². The number of halogens is 1. The molecule has 1 aromatic heterocycles. The zero-order chi connectivity index (χ0) is 32.0. The monoisotopic (exact) mass is 687 g/mol. The minimum absolute atomic E-state index is 0.0270. The summed E-state index contributed by atoms with van der Waals surface area (Å²) >= 11 is 4.93. The van der Waals surface area contributed by atoms with Crippen molar-refractivity contribution in [1.29, 1.82) is 0 Å². The number of aromatic nitrogens is 1. The van der Waals surface area contributed by atoms with E-state index in [0.717, 1.165) is 36.7 Å². The molecular weight excluding hydrogens is 658 g/mol. The van der Waals surface area contributed by atoms with E-state index in [1.165, 1.54) is 11.8 Å². The number of nitrogens with zero attached hydrogens (tertiary/aromatic N) is 1. The van der Waals surface area contributed by atoms with E-state index in [9.17, 15) is 14.4 Å². The molecule has 0 spiro atoms. The van der Waals surface area contributed by atoms with Crippen LogP contribution in [0.4, 0.5) is 5.69 Å². The zero-order valence-corrected chi connectivity index (χ0v) is 27.3. The van der Waals surface area contributed by atoms with Crippen LogP contribution in [0.5, 0.6) is 0 Å². The van der Waals surface area contributed by atoms with Crippen molar-refractivity contribution in [1.82, 2.24) is 9.88 Å². The molecule has 8 heteroatoms. The molecule has 46 heavy (non-hydrogen) atoms. The van der Waals surface area contributed by atoms with Gasteiger partial charge in [-0.2, -0.15) is 0 Å². The average molecular weight is 689 g/mol. The standard InChI is InChI=1S/C38H30BrN3O3S/c1-2-35(38(45)42-33-14-8-6-12-30(33)31-13-7-9-15-34(31)42)46-29-22-20-28(21-23-29)40-37(44)32(24-25-16-18-27(39)19-17-25)41-36(43)26-10-4-3-5-11-26/h3-24,35H,2H2,1H3,(H,40,44)(H,41,43)/b32-24-. The first-order chi connectivity index (χ1) is 22.4. The maximum absolute atomic E-state index is 14.0. The van der Waals surface area contributed by atoms with Gasteiger partial charge in [-0.15, -0.1) is 11.8 Å². The topological polar surface area (TPSA) is 80.2 Å². The van der Waals surface area contributed by atoms with Gasteiger partial charge in [0, 0.05) is 31.4 Å². The van der Waals surface area contributed by atoms with E-state index < -0.39 is 5.91 Å². The SMILES string of the molecule is CCC(Sc1ccc(NC(=O)/C(=C/c2ccc(Br)cc2)NC(=O)c2ccccc2)cc1)C(=O)n1c2ccccc2c2ccccc21. The molecule has 0 bridgehead atoms. The van der Waals surface area contributed by atoms with Gasteiger partial charge < -0.3 is 10.6 Å². The van der Waals surface area contributed by atoms with E-state index in [-0.39, 0.29) is 22.8 Å². The molecule has 0 aliphatic carbocycles. The quantitative estimate of drug-likeness (QED) is 0.117. The number of rotatable bonds is 9. The number of benzene rings is 5. The molecule has 2 amide bonds. The van der Waals surface area contributed by atoms with Crippen molar-refractivity contribution in [2.24, 2.45) is 0 Å². The van der Waals surface area contributed by atoms with Crippen molar-refractivity contribution in [3.63, 3.8) is 0 Å². The number of carbonyl (C=O) groups excluding carboxylic acids is 3. The number of nitrogens with one attached hydrogen (secondary N) is 2. The van der Waals surface area contributed by atoms with Gasteiger partial charge in [0.2, 0.25) is 5.91 Å². The van der Waals surface area contributed by atoms with Crippen molar-refractivity contribution in [3.8, 4) is 0 Å². The minimum Gasteiger partial charge on any atom is -0.321 e. The average Bonchev–Trinajstić information content (AvgIpc) is 3.43. The Hall–Kier alpha value is -4.92. The van der Waals surface area contributed by atoms with Gasteiger partial charge in [0.15, 0.2) is 0 Å². The summed E-state index contributed by atoms with van der Waals surface area (Å²) in [4.78, 5) is 41.2. The van der Waals surface area contributed by atoms with E-state index in [1.54, 1.807) is 42.5 Å². The molecule has 1 atom stereocenters. The van der Waals surface area contributed by atoms with Crippen LogP contribution in [0, 0.1) is 0 Å². The van der Waals surface area contributed by atoms with Gasteiger partial charge in [0.05, 0.1) is 16.3 Å². The van der Waals surface area contributed by atoms with E-state index in [0.29, 0.717) is 17.7 Å². The summed E-state index contributed by atoms with van der Waals surface area (Å²) in [6.07, 6.45) is 2.28. The third-order valence-corrected chi connectivity index (χ3v) is 9.44. The van der Waals surface area contributed by atoms with Gasteiger partial charge in [-0.05, 0) is 78.7 Å². The zero-order valence-electron chi connectivity index (χ0n) is 24.9. The van der Waals surface area contributed by atoms with Crippen molar-refractivity contribution < 1.29 is 14.4 Å². The van der Waals surface area contributed by atoms with Gasteiger partial charge in [-0.1, -0.05) is 89.6 Å². The number of carbonyl (C=O) groups is 3. The molecule has 1 unspecified atom stereocenters. The Labute approximate surface area is 279 Å². The number of amides is 2. The number of hydrogen-bond donors (Lipinski definition) is 2. The molecule has 1 heterocycles. The Kier molecular flexibility index (Phi) is 9.47. The number of thioether (sulfide) groups is 1. The smallest absolute Gasteiger partial charge is 0.272 e. The summed E-state index contributed by atoms with van der Waals surface area (Å²) in [6.45, 7) is 2.01. The van der Waals surface area contributed by atoms with Crippen LogP contribution < -0.4 is 10.6 Å². The second kappa shape index (κ2) is 14.0. The summed E-state index contributed by atoms with van der Waals surface area (Å²) in [5, 5.41) is 7.47. The molecule has 0 aliphatic heterocycles. The van der Waals surface area contributed by atoms with Crippen molar-refractivity contribution in [3.05, 3.63) is 149 Å². The third kappa shape index (κ3) is 6.83. The summed E-state index contributed by atoms with van der Waals surface area (Å²) in [5.74, 6) is -0.816. The van der Waals surface area contributed by atoms with Gasteiger partial charge in [-0.25, -0.2) is 0 Å². The number of anilines is 1. The summed E-state index contributed by atoms with van der Waals surface area (Å²) < 4.78 is 2.74. The van der Waals surface area contributed by atoms with Crippen molar-refractivity contribution in [2.45, 2.75) is 23.5 Å². The lowest BCUT2D eigenvalue weighted by molar-refractivity contribution is -0.113. The van der Waals surface area contributed by atoms with Crippen LogP contribution in [0.25, 0.3) is 27.9 Å². The molecule has 0 radical (unpaired) electrons. The van der Waals surface area contributed by atoms with Crippen LogP contribution >= 0.6 is 27.7 Å². The highest BCUT2D eigenvalue weighted by atomic mass is 79.9. The number of para-hydroxylation sites is 2. The fraction of sp³-hybridized carbons (Fsp3) is 0.0789. The molecule has 5 aromatic carbocycles. The Bertz CT molecular complexity index is 2020. The molecule has 0 fully saturated rings. The van der Waals surface area contributed by atoms with E-state index in [4.69, 9.17) is 0 Å². The lowest BCUT2D eigenvalue weighted by Crippen LogP contribution is -2.30. The van der Waals surface area contributed by atoms with Crippen LogP contribution in [-0.4, -0.2) is 27.5 Å². The largest absolute Gasteiger partial charge is 0.321 e. The van der Waals surface area contributed by atoms with Gasteiger partial charge in [0.1, 0.15) is 5.70 Å². The molecule has 6 nitrogen and oxygen atoms in total. The van der Waals surface area contributed by atoms with E-state index >= 15 is 0 Å². The molecule has 6 rings (SSSR count). The summed E-state index contributed by atoms with van der Waals surface area (Å²) in [6, 6.07) is 39.5. The molecule has 0 saturated carbocycles. The maximum Gasteiger partial charge on any atom is 0.272 e. The van der Waals surface area contributed by atoms with E-state index in [2.05, 4.69) is 38.7 Å². The first-order valence-corrected chi connectivity index (χ1v) is 16.5. The van der Waals surface area contributed by atoms with Crippen molar-refractivity contribution in [2.75, 3.05) is 5.32 Å². The Morgan fingerprint density at radius 3 is 1.96 bits per heavy atom. The normalized spacial score (nSPS) is 12.2. The Morgan fingerprint density at radius 1 is 0.761 bits per heavy atom. The highest BCUT2D eigenvalue weighted by Crippen LogP contribution is 2.33. The van der Waals surface area contributed by atoms with Gasteiger partial charge >= 0.3 is 0 Å². The predicted molar refractivity (Wildman–Crippen MR) is 191 cm³/mol. The fourth-order valence-electron chi connectivity index (χ4n) is 5.26.